The summed E-state index contributed by atoms with van der Waals surface area (Å²) in [4.78, 5) is 28.6. The minimum atomic E-state index is -4.64. The van der Waals surface area contributed by atoms with Gasteiger partial charge in [0.2, 0.25) is 0 Å². The van der Waals surface area contributed by atoms with Crippen molar-refractivity contribution in [2.24, 2.45) is 0 Å². The molecule has 1 N–H and O–H groups in total. The van der Waals surface area contributed by atoms with Crippen LogP contribution < -0.4 is 0 Å². The first-order valence-corrected chi connectivity index (χ1v) is 9.37. The number of fused-ring (bicyclic) bond motifs is 2. The number of halogens is 4. The number of amides is 2. The Morgan fingerprint density at radius 3 is 2.29 bits per heavy atom. The van der Waals surface area contributed by atoms with Crippen molar-refractivity contribution < 1.29 is 27.2 Å². The van der Waals surface area contributed by atoms with Gasteiger partial charge in [-0.2, -0.15) is 18.3 Å². The second-order valence-electron chi connectivity index (χ2n) is 7.09. The van der Waals surface area contributed by atoms with E-state index in [1.54, 1.807) is 24.8 Å². The first-order valence-electron chi connectivity index (χ1n) is 8.58. The van der Waals surface area contributed by atoms with Crippen molar-refractivity contribution >= 4 is 27.7 Å². The van der Waals surface area contributed by atoms with Crippen molar-refractivity contribution in [1.29, 1.82) is 0 Å². The molecule has 4 heterocycles. The van der Waals surface area contributed by atoms with E-state index < -0.39 is 22.3 Å². The topological polar surface area (TPSA) is 82.4 Å². The van der Waals surface area contributed by atoms with Crippen molar-refractivity contribution in [2.45, 2.75) is 38.5 Å². The Balaban J connectivity index is 1.50. The second-order valence-corrected chi connectivity index (χ2v) is 7.88. The normalized spacial score (nSPS) is 21.6. The van der Waals surface area contributed by atoms with Gasteiger partial charge in [0.25, 0.3) is 11.8 Å². The summed E-state index contributed by atoms with van der Waals surface area (Å²) in [7, 11) is 0. The second kappa shape index (κ2) is 6.36. The van der Waals surface area contributed by atoms with E-state index >= 15 is 0 Å². The predicted octanol–water partition coefficient (Wildman–Crippen LogP) is 3.14. The quantitative estimate of drug-likeness (QED) is 0.746. The summed E-state index contributed by atoms with van der Waals surface area (Å²) in [6.45, 7) is 4.11. The zero-order valence-electron chi connectivity index (χ0n) is 14.9. The lowest BCUT2D eigenvalue weighted by Crippen LogP contribution is -2.50. The SMILES string of the molecule is Cc1cc(C)c(C(=O)N2C[C@@H]3C[C@H]2CN3C(=O)c2n[nH]c(C(F)(F)F)c2Br)o1. The van der Waals surface area contributed by atoms with Gasteiger partial charge in [-0.05, 0) is 42.3 Å². The van der Waals surface area contributed by atoms with E-state index in [4.69, 9.17) is 4.42 Å². The third-order valence-corrected chi connectivity index (χ3v) is 5.96. The van der Waals surface area contributed by atoms with Crippen LogP contribution in [0.25, 0.3) is 0 Å². The molecule has 2 aromatic heterocycles. The highest BCUT2D eigenvalue weighted by atomic mass is 79.9. The van der Waals surface area contributed by atoms with Gasteiger partial charge >= 0.3 is 6.18 Å². The Labute approximate surface area is 166 Å². The Morgan fingerprint density at radius 2 is 1.82 bits per heavy atom. The van der Waals surface area contributed by atoms with E-state index in [0.717, 1.165) is 5.56 Å². The van der Waals surface area contributed by atoms with Gasteiger partial charge in [-0.1, -0.05) is 0 Å². The number of aryl methyl sites for hydroxylation is 2. The number of furan rings is 1. The monoisotopic (exact) mass is 460 g/mol. The molecule has 2 atom stereocenters. The molecule has 2 bridgehead atoms. The van der Waals surface area contributed by atoms with Gasteiger partial charge in [-0.25, -0.2) is 0 Å². The first kappa shape index (κ1) is 19.0. The standard InChI is InChI=1S/C17H16BrF3N4O3/c1-7-3-8(2)28-13(7)16(27)25-6-9-4-10(25)5-24(9)15(26)12-11(18)14(23-22-12)17(19,20)21/h3,9-10H,4-6H2,1-2H3,(H,22,23)/t9-,10-/m0/s1. The number of carbonyl (C=O) groups is 2. The number of hydrogen-bond acceptors (Lipinski definition) is 4. The average Bonchev–Trinajstić information content (AvgIpc) is 3.35. The van der Waals surface area contributed by atoms with Crippen LogP contribution >= 0.6 is 15.9 Å². The van der Waals surface area contributed by atoms with Gasteiger partial charge in [0, 0.05) is 18.7 Å². The maximum atomic E-state index is 12.9. The minimum Gasteiger partial charge on any atom is -0.456 e. The van der Waals surface area contributed by atoms with E-state index in [0.29, 0.717) is 18.7 Å². The fourth-order valence-corrected chi connectivity index (χ4v) is 4.51. The predicted molar refractivity (Wildman–Crippen MR) is 93.7 cm³/mol. The molecule has 2 aliphatic heterocycles. The highest BCUT2D eigenvalue weighted by Crippen LogP contribution is 2.37. The van der Waals surface area contributed by atoms with Crippen LogP contribution in [0.4, 0.5) is 13.2 Å². The number of carbonyl (C=O) groups excluding carboxylic acids is 2. The summed E-state index contributed by atoms with van der Waals surface area (Å²) in [5.41, 5.74) is -0.658. The maximum Gasteiger partial charge on any atom is 0.433 e. The zero-order chi connectivity index (χ0) is 20.4. The molecule has 0 aliphatic carbocycles. The third kappa shape index (κ3) is 2.92. The molecular formula is C17H16BrF3N4O3. The van der Waals surface area contributed by atoms with Crippen molar-refractivity contribution in [1.82, 2.24) is 20.0 Å². The van der Waals surface area contributed by atoms with Crippen LogP contribution in [0, 0.1) is 13.8 Å². The van der Waals surface area contributed by atoms with E-state index in [-0.39, 0.29) is 36.0 Å². The molecule has 2 aliphatic rings. The fraction of sp³-hybridized carbons (Fsp3) is 0.471. The number of aromatic nitrogens is 2. The van der Waals surface area contributed by atoms with E-state index in [9.17, 15) is 22.8 Å². The van der Waals surface area contributed by atoms with Crippen LogP contribution in [0.5, 0.6) is 0 Å². The van der Waals surface area contributed by atoms with Crippen molar-refractivity contribution in [3.05, 3.63) is 39.0 Å². The molecule has 7 nitrogen and oxygen atoms in total. The van der Waals surface area contributed by atoms with Crippen molar-refractivity contribution in [2.75, 3.05) is 13.1 Å². The smallest absolute Gasteiger partial charge is 0.433 e. The van der Waals surface area contributed by atoms with Crippen molar-refractivity contribution in [3.63, 3.8) is 0 Å². The Hall–Kier alpha value is -2.30. The third-order valence-electron chi connectivity index (χ3n) is 5.19. The fourth-order valence-electron chi connectivity index (χ4n) is 3.94. The first-order chi connectivity index (χ1) is 13.1. The molecule has 0 saturated carbocycles. The number of hydrogen-bond donors (Lipinski definition) is 1. The van der Waals surface area contributed by atoms with Gasteiger partial charge in [0.05, 0.1) is 16.6 Å². The molecule has 2 fully saturated rings. The number of alkyl halides is 3. The van der Waals surface area contributed by atoms with Gasteiger partial charge in [0.1, 0.15) is 5.76 Å². The van der Waals surface area contributed by atoms with Gasteiger partial charge in [-0.3, -0.25) is 14.7 Å². The molecule has 150 valence electrons. The molecule has 0 radical (unpaired) electrons. The molecule has 4 rings (SSSR count). The van der Waals surface area contributed by atoms with Crippen LogP contribution in [0.1, 0.15) is 44.5 Å². The summed E-state index contributed by atoms with van der Waals surface area (Å²) in [5, 5.41) is 5.42. The highest BCUT2D eigenvalue weighted by Gasteiger charge is 2.49. The van der Waals surface area contributed by atoms with E-state index in [2.05, 4.69) is 21.0 Å². The largest absolute Gasteiger partial charge is 0.456 e. The molecule has 11 heteroatoms. The highest BCUT2D eigenvalue weighted by molar-refractivity contribution is 9.10. The molecule has 2 amide bonds. The van der Waals surface area contributed by atoms with E-state index in [1.165, 1.54) is 4.90 Å². The molecule has 0 aromatic carbocycles. The van der Waals surface area contributed by atoms with Crippen LogP contribution in [0.3, 0.4) is 0 Å². The number of aromatic amines is 1. The molecule has 2 aromatic rings. The summed E-state index contributed by atoms with van der Waals surface area (Å²) in [6, 6.07) is 1.31. The lowest BCUT2D eigenvalue weighted by Gasteiger charge is -2.33. The number of rotatable bonds is 2. The number of H-pyrrole nitrogens is 1. The van der Waals surface area contributed by atoms with Gasteiger partial charge in [0.15, 0.2) is 17.1 Å². The molecule has 0 spiro atoms. The van der Waals surface area contributed by atoms with Gasteiger partial charge in [-0.15, -0.1) is 0 Å². The number of likely N-dealkylation sites (tertiary alicyclic amines) is 2. The maximum absolute atomic E-state index is 12.9. The Bertz CT molecular complexity index is 967. The number of nitrogens with one attached hydrogen (secondary N) is 1. The molecule has 2 saturated heterocycles. The Morgan fingerprint density at radius 1 is 1.21 bits per heavy atom. The number of piperazine rings is 1. The molecular weight excluding hydrogens is 445 g/mol. The lowest BCUT2D eigenvalue weighted by atomic mass is 10.2. The zero-order valence-corrected chi connectivity index (χ0v) is 16.5. The summed E-state index contributed by atoms with van der Waals surface area (Å²) in [6.07, 6.45) is -4.07. The summed E-state index contributed by atoms with van der Waals surface area (Å²) < 4.78 is 43.8. The van der Waals surface area contributed by atoms with Crippen molar-refractivity contribution in [3.8, 4) is 0 Å². The average molecular weight is 461 g/mol. The Kier molecular flexibility index (Phi) is 4.32. The summed E-state index contributed by atoms with van der Waals surface area (Å²) in [5.74, 6) is 0.104. The lowest BCUT2D eigenvalue weighted by molar-refractivity contribution is -0.141. The molecule has 0 unspecified atom stereocenters. The van der Waals surface area contributed by atoms with Gasteiger partial charge < -0.3 is 14.2 Å². The minimum absolute atomic E-state index is 0.203. The molecule has 28 heavy (non-hydrogen) atoms. The van der Waals surface area contributed by atoms with E-state index in [1.807, 2.05) is 5.10 Å². The summed E-state index contributed by atoms with van der Waals surface area (Å²) >= 11 is 2.83. The van der Waals surface area contributed by atoms with Crippen LogP contribution in [0.2, 0.25) is 0 Å². The van der Waals surface area contributed by atoms with Crippen LogP contribution in [0.15, 0.2) is 15.0 Å². The van der Waals surface area contributed by atoms with Crippen LogP contribution in [-0.2, 0) is 6.18 Å². The van der Waals surface area contributed by atoms with Crippen LogP contribution in [-0.4, -0.2) is 57.0 Å². The number of nitrogens with zero attached hydrogens (tertiary/aromatic N) is 3.